The third-order valence-corrected chi connectivity index (χ3v) is 3.83. The minimum atomic E-state index is 0.149. The molecule has 2 aromatic rings. The van der Waals surface area contributed by atoms with Crippen LogP contribution in [-0.4, -0.2) is 28.8 Å². The molecule has 1 aliphatic rings. The molecule has 2 N–H and O–H groups in total. The van der Waals surface area contributed by atoms with Gasteiger partial charge in [-0.1, -0.05) is 18.2 Å². The van der Waals surface area contributed by atoms with Crippen molar-refractivity contribution in [2.45, 2.75) is 19.4 Å². The van der Waals surface area contributed by atoms with Gasteiger partial charge in [-0.05, 0) is 38.1 Å². The number of hydrogen-bond acceptors (Lipinski definition) is 3. The fourth-order valence-corrected chi connectivity index (χ4v) is 2.59. The number of nitrogens with one attached hydrogen (secondary N) is 2. The summed E-state index contributed by atoms with van der Waals surface area (Å²) in [5.41, 5.74) is 2.04. The van der Waals surface area contributed by atoms with Gasteiger partial charge in [0.25, 0.3) is 0 Å². The van der Waals surface area contributed by atoms with Gasteiger partial charge in [0.05, 0.1) is 11.9 Å². The molecule has 0 atom stereocenters. The number of hydrogen-bond donors (Lipinski definition) is 2. The van der Waals surface area contributed by atoms with E-state index in [1.54, 1.807) is 6.20 Å². The van der Waals surface area contributed by atoms with Crippen LogP contribution >= 0.6 is 0 Å². The Hall–Kier alpha value is -2.14. The van der Waals surface area contributed by atoms with E-state index >= 15 is 0 Å². The molecule has 0 bridgehead atoms. The number of aromatic nitrogens is 2. The molecule has 5 heteroatoms. The van der Waals surface area contributed by atoms with E-state index in [2.05, 4.69) is 15.7 Å². The van der Waals surface area contributed by atoms with Crippen molar-refractivity contribution in [3.8, 4) is 5.69 Å². The third-order valence-electron chi connectivity index (χ3n) is 3.83. The summed E-state index contributed by atoms with van der Waals surface area (Å²) in [6, 6.07) is 9.95. The van der Waals surface area contributed by atoms with Crippen molar-refractivity contribution in [2.24, 2.45) is 5.92 Å². The zero-order chi connectivity index (χ0) is 14.5. The van der Waals surface area contributed by atoms with E-state index in [-0.39, 0.29) is 11.8 Å². The molecule has 5 nitrogen and oxygen atoms in total. The Balaban J connectivity index is 1.56. The Morgan fingerprint density at radius 1 is 1.29 bits per heavy atom. The van der Waals surface area contributed by atoms with Gasteiger partial charge in [-0.3, -0.25) is 4.79 Å². The maximum Gasteiger partial charge on any atom is 0.223 e. The predicted octanol–water partition coefficient (Wildman–Crippen LogP) is 1.49. The molecule has 0 spiro atoms. The highest BCUT2D eigenvalue weighted by Crippen LogP contribution is 2.12. The van der Waals surface area contributed by atoms with E-state index in [1.807, 2.05) is 41.2 Å². The van der Waals surface area contributed by atoms with Crippen LogP contribution in [0.2, 0.25) is 0 Å². The Labute approximate surface area is 124 Å². The normalized spacial score (nSPS) is 15.8. The summed E-state index contributed by atoms with van der Waals surface area (Å²) < 4.78 is 1.83. The van der Waals surface area contributed by atoms with Crippen LogP contribution in [0.25, 0.3) is 5.69 Å². The van der Waals surface area contributed by atoms with Crippen LogP contribution in [0.4, 0.5) is 0 Å². The molecule has 110 valence electrons. The van der Waals surface area contributed by atoms with E-state index in [9.17, 15) is 4.79 Å². The molecule has 3 rings (SSSR count). The highest BCUT2D eigenvalue weighted by atomic mass is 16.1. The molecule has 0 aliphatic carbocycles. The number of rotatable bonds is 4. The van der Waals surface area contributed by atoms with Gasteiger partial charge in [0.1, 0.15) is 0 Å². The van der Waals surface area contributed by atoms with Gasteiger partial charge >= 0.3 is 0 Å². The molecular weight excluding hydrogens is 264 g/mol. The maximum atomic E-state index is 12.1. The van der Waals surface area contributed by atoms with Crippen molar-refractivity contribution in [3.63, 3.8) is 0 Å². The largest absolute Gasteiger partial charge is 0.352 e. The van der Waals surface area contributed by atoms with Crippen LogP contribution in [-0.2, 0) is 11.3 Å². The van der Waals surface area contributed by atoms with Crippen molar-refractivity contribution in [1.82, 2.24) is 20.4 Å². The first kappa shape index (κ1) is 13.8. The minimum absolute atomic E-state index is 0.149. The number of carbonyl (C=O) groups is 1. The topological polar surface area (TPSA) is 59.0 Å². The predicted molar refractivity (Wildman–Crippen MR) is 81.0 cm³/mol. The summed E-state index contributed by atoms with van der Waals surface area (Å²) in [6.45, 7) is 2.41. The van der Waals surface area contributed by atoms with Gasteiger partial charge in [-0.15, -0.1) is 0 Å². The number of benzene rings is 1. The van der Waals surface area contributed by atoms with Crippen molar-refractivity contribution in [1.29, 1.82) is 0 Å². The number of amides is 1. The molecule has 21 heavy (non-hydrogen) atoms. The van der Waals surface area contributed by atoms with E-state index < -0.39 is 0 Å². The standard InChI is InChI=1S/C16H20N4O/c21-16(14-6-8-17-9-7-14)18-10-13-11-19-20(12-13)15-4-2-1-3-5-15/h1-5,11-12,14,17H,6-10H2,(H,18,21). The zero-order valence-corrected chi connectivity index (χ0v) is 12.0. The van der Waals surface area contributed by atoms with Crippen LogP contribution < -0.4 is 10.6 Å². The van der Waals surface area contributed by atoms with Gasteiger partial charge in [0.2, 0.25) is 5.91 Å². The van der Waals surface area contributed by atoms with Gasteiger partial charge in [0, 0.05) is 24.2 Å². The SMILES string of the molecule is O=C(NCc1cnn(-c2ccccc2)c1)C1CCNCC1. The lowest BCUT2D eigenvalue weighted by atomic mass is 9.97. The lowest BCUT2D eigenvalue weighted by Crippen LogP contribution is -2.37. The molecule has 1 aromatic heterocycles. The minimum Gasteiger partial charge on any atom is -0.352 e. The molecule has 1 aromatic carbocycles. The third kappa shape index (κ3) is 3.49. The summed E-state index contributed by atoms with van der Waals surface area (Å²) in [5.74, 6) is 0.305. The molecular formula is C16H20N4O. The first-order valence-electron chi connectivity index (χ1n) is 7.40. The second-order valence-corrected chi connectivity index (χ2v) is 5.37. The van der Waals surface area contributed by atoms with Crippen molar-refractivity contribution < 1.29 is 4.79 Å². The second-order valence-electron chi connectivity index (χ2n) is 5.37. The molecule has 2 heterocycles. The Bertz CT molecular complexity index is 587. The average molecular weight is 284 g/mol. The van der Waals surface area contributed by atoms with Crippen molar-refractivity contribution >= 4 is 5.91 Å². The summed E-state index contributed by atoms with van der Waals surface area (Å²) >= 11 is 0. The van der Waals surface area contributed by atoms with Gasteiger partial charge in [-0.2, -0.15) is 5.10 Å². The van der Waals surface area contributed by atoms with Crippen LogP contribution in [0.5, 0.6) is 0 Å². The number of carbonyl (C=O) groups excluding carboxylic acids is 1. The highest BCUT2D eigenvalue weighted by Gasteiger charge is 2.20. The van der Waals surface area contributed by atoms with E-state index in [1.165, 1.54) is 0 Å². The van der Waals surface area contributed by atoms with Crippen LogP contribution in [0, 0.1) is 5.92 Å². The monoisotopic (exact) mass is 284 g/mol. The van der Waals surface area contributed by atoms with Crippen LogP contribution in [0.15, 0.2) is 42.7 Å². The summed E-state index contributed by atoms with van der Waals surface area (Å²) in [7, 11) is 0. The lowest BCUT2D eigenvalue weighted by Gasteiger charge is -2.21. The molecule has 1 aliphatic heterocycles. The first-order valence-corrected chi connectivity index (χ1v) is 7.40. The fourth-order valence-electron chi connectivity index (χ4n) is 2.59. The molecule has 0 unspecified atom stereocenters. The van der Waals surface area contributed by atoms with Gasteiger partial charge < -0.3 is 10.6 Å². The van der Waals surface area contributed by atoms with E-state index in [0.29, 0.717) is 6.54 Å². The van der Waals surface area contributed by atoms with E-state index in [4.69, 9.17) is 0 Å². The molecule has 1 saturated heterocycles. The highest BCUT2D eigenvalue weighted by molar-refractivity contribution is 5.78. The lowest BCUT2D eigenvalue weighted by molar-refractivity contribution is -0.125. The second kappa shape index (κ2) is 6.54. The Kier molecular flexibility index (Phi) is 4.31. The van der Waals surface area contributed by atoms with Crippen LogP contribution in [0.1, 0.15) is 18.4 Å². The average Bonchev–Trinajstić information content (AvgIpc) is 3.03. The quantitative estimate of drug-likeness (QED) is 0.894. The van der Waals surface area contributed by atoms with Crippen LogP contribution in [0.3, 0.4) is 0 Å². The van der Waals surface area contributed by atoms with Crippen molar-refractivity contribution in [3.05, 3.63) is 48.3 Å². The molecule has 1 amide bonds. The van der Waals surface area contributed by atoms with E-state index in [0.717, 1.165) is 37.2 Å². The Morgan fingerprint density at radius 3 is 2.81 bits per heavy atom. The summed E-state index contributed by atoms with van der Waals surface area (Å²) in [4.78, 5) is 12.1. The first-order chi connectivity index (χ1) is 10.3. The molecule has 0 saturated carbocycles. The Morgan fingerprint density at radius 2 is 2.05 bits per heavy atom. The number of piperidine rings is 1. The van der Waals surface area contributed by atoms with Gasteiger partial charge in [0.15, 0.2) is 0 Å². The number of para-hydroxylation sites is 1. The molecule has 1 fully saturated rings. The number of nitrogens with zero attached hydrogens (tertiary/aromatic N) is 2. The maximum absolute atomic E-state index is 12.1. The summed E-state index contributed by atoms with van der Waals surface area (Å²) in [6.07, 6.45) is 5.61. The fraction of sp³-hybridized carbons (Fsp3) is 0.375. The summed E-state index contributed by atoms with van der Waals surface area (Å²) in [5, 5.41) is 10.6. The van der Waals surface area contributed by atoms with Gasteiger partial charge in [-0.25, -0.2) is 4.68 Å². The van der Waals surface area contributed by atoms with Crippen molar-refractivity contribution in [2.75, 3.05) is 13.1 Å². The smallest absolute Gasteiger partial charge is 0.223 e. The molecule has 0 radical (unpaired) electrons. The zero-order valence-electron chi connectivity index (χ0n) is 12.0.